The number of para-hydroxylation sites is 2. The van der Waals surface area contributed by atoms with Crippen molar-refractivity contribution in [2.45, 2.75) is 29.9 Å². The second kappa shape index (κ2) is 8.55. The largest absolute Gasteiger partial charge is 0.368 e. The molecule has 0 unspecified atom stereocenters. The number of nitrogens with one attached hydrogen (secondary N) is 1. The quantitative estimate of drug-likeness (QED) is 0.570. The number of hydrogen-bond acceptors (Lipinski definition) is 6. The SMILES string of the molecule is CCCCNc1nc2ccccc2nc1[C@H](C#N)S(=O)(=O)c1ccc(Cl)cc1. The van der Waals surface area contributed by atoms with Crippen LogP contribution in [-0.4, -0.2) is 24.9 Å². The molecule has 1 atom stereocenters. The number of hydrogen-bond donors (Lipinski definition) is 1. The van der Waals surface area contributed by atoms with Gasteiger partial charge in [0.05, 0.1) is 22.0 Å². The second-order valence-corrected chi connectivity index (χ2v) is 8.70. The average molecular weight is 415 g/mol. The molecule has 28 heavy (non-hydrogen) atoms. The van der Waals surface area contributed by atoms with Gasteiger partial charge in [0, 0.05) is 11.6 Å². The third-order valence-electron chi connectivity index (χ3n) is 4.24. The fourth-order valence-electron chi connectivity index (χ4n) is 2.75. The van der Waals surface area contributed by atoms with E-state index in [1.165, 1.54) is 24.3 Å². The Bertz CT molecular complexity index is 1130. The first-order valence-electron chi connectivity index (χ1n) is 8.87. The molecule has 0 aliphatic rings. The molecule has 0 saturated carbocycles. The van der Waals surface area contributed by atoms with E-state index in [1.807, 2.05) is 12.1 Å². The zero-order valence-electron chi connectivity index (χ0n) is 15.3. The molecule has 8 heteroatoms. The van der Waals surface area contributed by atoms with Crippen LogP contribution in [0.3, 0.4) is 0 Å². The van der Waals surface area contributed by atoms with E-state index in [2.05, 4.69) is 22.2 Å². The Morgan fingerprint density at radius 1 is 1.11 bits per heavy atom. The summed E-state index contributed by atoms with van der Waals surface area (Å²) in [7, 11) is -4.00. The van der Waals surface area contributed by atoms with Gasteiger partial charge >= 0.3 is 0 Å². The standard InChI is InChI=1S/C20H19ClN4O2S/c1-2-3-12-23-20-19(24-16-6-4-5-7-17(16)25-20)18(13-22)28(26,27)15-10-8-14(21)9-11-15/h4-11,18H,2-3,12H2,1H3,(H,23,25)/t18-/m0/s1. The molecule has 1 aromatic heterocycles. The van der Waals surface area contributed by atoms with Gasteiger partial charge in [-0.25, -0.2) is 18.4 Å². The highest BCUT2D eigenvalue weighted by atomic mass is 35.5. The van der Waals surface area contributed by atoms with E-state index in [1.54, 1.807) is 18.2 Å². The van der Waals surface area contributed by atoms with Gasteiger partial charge in [0.2, 0.25) is 9.84 Å². The molecule has 3 rings (SSSR count). The molecule has 6 nitrogen and oxygen atoms in total. The first kappa shape index (κ1) is 20.1. The van der Waals surface area contributed by atoms with Crippen LogP contribution >= 0.6 is 11.6 Å². The van der Waals surface area contributed by atoms with Crippen LogP contribution in [-0.2, 0) is 9.84 Å². The Hall–Kier alpha value is -2.69. The molecule has 0 fully saturated rings. The predicted octanol–water partition coefficient (Wildman–Crippen LogP) is 4.53. The van der Waals surface area contributed by atoms with Crippen LogP contribution < -0.4 is 5.32 Å². The van der Waals surface area contributed by atoms with Crippen LogP contribution in [0.4, 0.5) is 5.82 Å². The molecule has 0 spiro atoms. The summed E-state index contributed by atoms with van der Waals surface area (Å²) in [6.45, 7) is 2.66. The lowest BCUT2D eigenvalue weighted by Crippen LogP contribution is -2.17. The lowest BCUT2D eigenvalue weighted by molar-refractivity contribution is 0.590. The number of nitrogens with zero attached hydrogens (tertiary/aromatic N) is 3. The number of anilines is 1. The normalized spacial score (nSPS) is 12.5. The summed E-state index contributed by atoms with van der Waals surface area (Å²) in [4.78, 5) is 9.02. The van der Waals surface area contributed by atoms with Crippen molar-refractivity contribution in [2.24, 2.45) is 0 Å². The highest BCUT2D eigenvalue weighted by Crippen LogP contribution is 2.32. The molecular formula is C20H19ClN4O2S. The number of sulfone groups is 1. The van der Waals surface area contributed by atoms with Gasteiger partial charge in [-0.1, -0.05) is 37.1 Å². The molecule has 0 bridgehead atoms. The fraction of sp³-hybridized carbons (Fsp3) is 0.250. The van der Waals surface area contributed by atoms with Crippen LogP contribution in [0.15, 0.2) is 53.4 Å². The van der Waals surface area contributed by atoms with E-state index >= 15 is 0 Å². The summed E-state index contributed by atoms with van der Waals surface area (Å²) in [5.41, 5.74) is 1.27. The Morgan fingerprint density at radius 2 is 1.75 bits per heavy atom. The molecule has 0 amide bonds. The Balaban J connectivity index is 2.13. The summed E-state index contributed by atoms with van der Waals surface area (Å²) >= 11 is 5.86. The van der Waals surface area contributed by atoms with Gasteiger partial charge in [0.25, 0.3) is 0 Å². The summed E-state index contributed by atoms with van der Waals surface area (Å²) in [6, 6.07) is 14.8. The lowest BCUT2D eigenvalue weighted by Gasteiger charge is -2.16. The third-order valence-corrected chi connectivity index (χ3v) is 6.37. The van der Waals surface area contributed by atoms with E-state index < -0.39 is 15.1 Å². The monoisotopic (exact) mass is 414 g/mol. The van der Waals surface area contributed by atoms with Gasteiger partial charge < -0.3 is 5.32 Å². The molecule has 0 aliphatic heterocycles. The molecule has 3 aromatic rings. The van der Waals surface area contributed by atoms with Crippen molar-refractivity contribution in [3.8, 4) is 6.07 Å². The molecule has 1 N–H and O–H groups in total. The van der Waals surface area contributed by atoms with Crippen LogP contribution in [0.2, 0.25) is 5.02 Å². The number of benzene rings is 2. The van der Waals surface area contributed by atoms with Crippen molar-refractivity contribution in [3.63, 3.8) is 0 Å². The smallest absolute Gasteiger partial charge is 0.200 e. The minimum Gasteiger partial charge on any atom is -0.368 e. The van der Waals surface area contributed by atoms with Crippen molar-refractivity contribution < 1.29 is 8.42 Å². The number of halogens is 1. The minimum absolute atomic E-state index is 0.0120. The molecule has 2 aromatic carbocycles. The van der Waals surface area contributed by atoms with E-state index in [0.29, 0.717) is 28.4 Å². The maximum absolute atomic E-state index is 13.1. The van der Waals surface area contributed by atoms with Crippen molar-refractivity contribution in [2.75, 3.05) is 11.9 Å². The summed E-state index contributed by atoms with van der Waals surface area (Å²) in [5.74, 6) is 0.316. The van der Waals surface area contributed by atoms with Crippen molar-refractivity contribution in [1.82, 2.24) is 9.97 Å². The zero-order chi connectivity index (χ0) is 20.1. The van der Waals surface area contributed by atoms with Crippen LogP contribution in [0.5, 0.6) is 0 Å². The number of rotatable bonds is 7. The third kappa shape index (κ3) is 4.08. The highest BCUT2D eigenvalue weighted by Gasteiger charge is 2.33. The van der Waals surface area contributed by atoms with E-state index in [0.717, 1.165) is 12.8 Å². The van der Waals surface area contributed by atoms with Gasteiger partial charge in [-0.05, 0) is 42.8 Å². The second-order valence-electron chi connectivity index (χ2n) is 6.23. The van der Waals surface area contributed by atoms with E-state index in [4.69, 9.17) is 11.6 Å². The van der Waals surface area contributed by atoms with E-state index in [-0.39, 0.29) is 10.6 Å². The molecular weight excluding hydrogens is 396 g/mol. The fourth-order valence-corrected chi connectivity index (χ4v) is 4.26. The predicted molar refractivity (Wildman–Crippen MR) is 110 cm³/mol. The van der Waals surface area contributed by atoms with Crippen LogP contribution in [0, 0.1) is 11.3 Å². The topological polar surface area (TPSA) is 95.7 Å². The van der Waals surface area contributed by atoms with Gasteiger partial charge in [-0.3, -0.25) is 0 Å². The molecule has 144 valence electrons. The van der Waals surface area contributed by atoms with Crippen molar-refractivity contribution in [3.05, 3.63) is 59.2 Å². The first-order chi connectivity index (χ1) is 13.5. The zero-order valence-corrected chi connectivity index (χ0v) is 16.8. The van der Waals surface area contributed by atoms with Gasteiger partial charge in [0.1, 0.15) is 5.69 Å². The maximum atomic E-state index is 13.1. The summed E-state index contributed by atoms with van der Waals surface area (Å²) < 4.78 is 26.3. The van der Waals surface area contributed by atoms with Gasteiger partial charge in [-0.2, -0.15) is 5.26 Å². The van der Waals surface area contributed by atoms with Crippen LogP contribution in [0.1, 0.15) is 30.7 Å². The summed E-state index contributed by atoms with van der Waals surface area (Å²) in [6.07, 6.45) is 1.85. The Morgan fingerprint density at radius 3 is 2.36 bits per heavy atom. The average Bonchev–Trinajstić information content (AvgIpc) is 2.69. The maximum Gasteiger partial charge on any atom is 0.200 e. The summed E-state index contributed by atoms with van der Waals surface area (Å²) in [5, 5.41) is 11.8. The first-order valence-corrected chi connectivity index (χ1v) is 10.8. The van der Waals surface area contributed by atoms with Gasteiger partial charge in [-0.15, -0.1) is 0 Å². The minimum atomic E-state index is -4.00. The van der Waals surface area contributed by atoms with E-state index in [9.17, 15) is 13.7 Å². The molecule has 0 aliphatic carbocycles. The highest BCUT2D eigenvalue weighted by molar-refractivity contribution is 7.92. The Kier molecular flexibility index (Phi) is 6.12. The molecule has 0 saturated heterocycles. The molecule has 1 heterocycles. The van der Waals surface area contributed by atoms with Crippen molar-refractivity contribution >= 4 is 38.3 Å². The Labute approximate surface area is 169 Å². The van der Waals surface area contributed by atoms with Gasteiger partial charge in [0.15, 0.2) is 11.1 Å². The lowest BCUT2D eigenvalue weighted by atomic mass is 10.2. The van der Waals surface area contributed by atoms with Crippen molar-refractivity contribution in [1.29, 1.82) is 5.26 Å². The number of nitriles is 1. The molecule has 0 radical (unpaired) electrons. The number of aromatic nitrogens is 2. The number of fused-ring (bicyclic) bond motifs is 1. The van der Waals surface area contributed by atoms with Crippen LogP contribution in [0.25, 0.3) is 11.0 Å². The number of unbranched alkanes of at least 4 members (excludes halogenated alkanes) is 1.